The summed E-state index contributed by atoms with van der Waals surface area (Å²) >= 11 is 0. The molecular weight excluding hydrogens is 187 g/mol. The van der Waals surface area contributed by atoms with Crippen LogP contribution in [0.2, 0.25) is 0 Å². The Kier molecular flexibility index (Phi) is 4.47. The smallest absolute Gasteiger partial charge is 0.382 e. The summed E-state index contributed by atoms with van der Waals surface area (Å²) in [6, 6.07) is 0. The third kappa shape index (κ3) is 5.24. The number of hydrogen-bond donors (Lipinski definition) is 2. The molecule has 1 atom stereocenters. The number of aliphatic hydroxyl groups is 1. The largest absolute Gasteiger partial charge is 0.416 e. The molecule has 0 saturated carbocycles. The van der Waals surface area contributed by atoms with Crippen LogP contribution in [-0.2, 0) is 4.79 Å². The van der Waals surface area contributed by atoms with Crippen molar-refractivity contribution >= 4 is 5.91 Å². The number of nitrogens with one attached hydrogen (secondary N) is 1. The summed E-state index contributed by atoms with van der Waals surface area (Å²) in [5.41, 5.74) is 0. The minimum atomic E-state index is -4.69. The molecule has 0 aliphatic rings. The number of carbonyl (C=O) groups excluding carboxylic acids is 1. The van der Waals surface area contributed by atoms with E-state index in [-0.39, 0.29) is 0 Å². The molecule has 0 aromatic rings. The quantitative estimate of drug-likeness (QED) is 0.651. The van der Waals surface area contributed by atoms with E-state index in [1.165, 1.54) is 6.08 Å². The number of aliphatic hydroxyl groups excluding tert-OH is 1. The van der Waals surface area contributed by atoms with Gasteiger partial charge in [0.15, 0.2) is 6.10 Å². The summed E-state index contributed by atoms with van der Waals surface area (Å²) in [4.78, 5) is 10.6. The molecule has 76 valence electrons. The Morgan fingerprint density at radius 3 is 2.54 bits per heavy atom. The predicted octanol–water partition coefficient (Wildman–Crippen LogP) is 0.602. The van der Waals surface area contributed by atoms with Crippen LogP contribution in [-0.4, -0.2) is 29.8 Å². The van der Waals surface area contributed by atoms with Gasteiger partial charge in [-0.1, -0.05) is 6.08 Å². The van der Waals surface area contributed by atoms with Crippen molar-refractivity contribution in [2.75, 3.05) is 6.54 Å². The van der Waals surface area contributed by atoms with Crippen molar-refractivity contribution in [3.05, 3.63) is 12.2 Å². The topological polar surface area (TPSA) is 49.3 Å². The number of halogens is 3. The number of amides is 1. The first-order chi connectivity index (χ1) is 5.88. The molecule has 0 aliphatic heterocycles. The summed E-state index contributed by atoms with van der Waals surface area (Å²) in [5.74, 6) is -0.661. The van der Waals surface area contributed by atoms with Crippen LogP contribution < -0.4 is 5.32 Å². The molecule has 0 fully saturated rings. The van der Waals surface area contributed by atoms with Crippen molar-refractivity contribution in [1.82, 2.24) is 5.32 Å². The van der Waals surface area contributed by atoms with Crippen molar-refractivity contribution in [2.45, 2.75) is 19.2 Å². The second-order valence-electron chi connectivity index (χ2n) is 2.30. The fraction of sp³-hybridized carbons (Fsp3) is 0.571. The van der Waals surface area contributed by atoms with Crippen LogP contribution >= 0.6 is 0 Å². The maximum atomic E-state index is 11.7. The number of alkyl halides is 3. The Bertz CT molecular complexity index is 200. The molecule has 0 spiro atoms. The summed E-state index contributed by atoms with van der Waals surface area (Å²) in [6.07, 6.45) is -4.75. The number of rotatable bonds is 3. The van der Waals surface area contributed by atoms with E-state index < -0.39 is 24.7 Å². The molecule has 0 rings (SSSR count). The molecule has 3 nitrogen and oxygen atoms in total. The summed E-state index contributed by atoms with van der Waals surface area (Å²) in [7, 11) is 0. The maximum absolute atomic E-state index is 11.7. The van der Waals surface area contributed by atoms with Gasteiger partial charge in [0, 0.05) is 0 Å². The van der Waals surface area contributed by atoms with E-state index in [1.54, 1.807) is 6.92 Å². The zero-order valence-corrected chi connectivity index (χ0v) is 6.93. The molecule has 13 heavy (non-hydrogen) atoms. The lowest BCUT2D eigenvalue weighted by atomic mass is 10.3. The van der Waals surface area contributed by atoms with E-state index in [0.717, 1.165) is 6.08 Å². The molecule has 6 heteroatoms. The Balaban J connectivity index is 3.83. The molecule has 0 bridgehead atoms. The monoisotopic (exact) mass is 197 g/mol. The number of allylic oxidation sites excluding steroid dienone is 1. The molecule has 0 aromatic heterocycles. The van der Waals surface area contributed by atoms with Gasteiger partial charge in [-0.25, -0.2) is 0 Å². The number of hydrogen-bond acceptors (Lipinski definition) is 2. The zero-order chi connectivity index (χ0) is 10.5. The molecule has 0 aliphatic carbocycles. The molecule has 1 unspecified atom stereocenters. The van der Waals surface area contributed by atoms with Crippen LogP contribution in [0.25, 0.3) is 0 Å². The Morgan fingerprint density at radius 2 is 2.15 bits per heavy atom. The summed E-state index contributed by atoms with van der Waals surface area (Å²) < 4.78 is 35.0. The predicted molar refractivity (Wildman–Crippen MR) is 39.9 cm³/mol. The van der Waals surface area contributed by atoms with Crippen LogP contribution in [0.15, 0.2) is 12.2 Å². The van der Waals surface area contributed by atoms with Crippen molar-refractivity contribution in [1.29, 1.82) is 0 Å². The molecule has 1 amide bonds. The standard InChI is InChI=1S/C7H10F3NO2/c1-2-3-6(13)11-4-5(12)7(8,9)10/h2-3,5,12H,4H2,1H3,(H,11,13)/b3-2+. The van der Waals surface area contributed by atoms with E-state index in [1.807, 2.05) is 5.32 Å². The second-order valence-corrected chi connectivity index (χ2v) is 2.30. The molecule has 2 N–H and O–H groups in total. The lowest BCUT2D eigenvalue weighted by molar-refractivity contribution is -0.201. The summed E-state index contributed by atoms with van der Waals surface area (Å²) in [5, 5.41) is 10.3. The molecule has 0 heterocycles. The van der Waals surface area contributed by atoms with Crippen molar-refractivity contribution < 1.29 is 23.1 Å². The van der Waals surface area contributed by atoms with Crippen LogP contribution in [0, 0.1) is 0 Å². The van der Waals surface area contributed by atoms with Gasteiger partial charge in [0.2, 0.25) is 5.91 Å². The highest BCUT2D eigenvalue weighted by molar-refractivity contribution is 5.87. The molecule has 0 aromatic carbocycles. The minimum Gasteiger partial charge on any atom is -0.382 e. The highest BCUT2D eigenvalue weighted by atomic mass is 19.4. The first kappa shape index (κ1) is 12.0. The van der Waals surface area contributed by atoms with Gasteiger partial charge in [0.25, 0.3) is 0 Å². The first-order valence-corrected chi connectivity index (χ1v) is 3.53. The fourth-order valence-electron chi connectivity index (χ4n) is 0.523. The Hall–Kier alpha value is -1.04. The average Bonchev–Trinajstić information content (AvgIpc) is 1.99. The van der Waals surface area contributed by atoms with Gasteiger partial charge < -0.3 is 10.4 Å². The van der Waals surface area contributed by atoms with Crippen molar-refractivity contribution in [3.8, 4) is 0 Å². The second kappa shape index (κ2) is 4.86. The van der Waals surface area contributed by atoms with E-state index in [9.17, 15) is 18.0 Å². The van der Waals surface area contributed by atoms with Gasteiger partial charge in [0.05, 0.1) is 6.54 Å². The van der Waals surface area contributed by atoms with Crippen molar-refractivity contribution in [3.63, 3.8) is 0 Å². The van der Waals surface area contributed by atoms with Crippen molar-refractivity contribution in [2.24, 2.45) is 0 Å². The lowest BCUT2D eigenvalue weighted by Gasteiger charge is -2.13. The lowest BCUT2D eigenvalue weighted by Crippen LogP contribution is -2.40. The van der Waals surface area contributed by atoms with Crippen LogP contribution in [0.4, 0.5) is 13.2 Å². The average molecular weight is 197 g/mol. The van der Waals surface area contributed by atoms with E-state index in [2.05, 4.69) is 0 Å². The third-order valence-corrected chi connectivity index (χ3v) is 1.17. The van der Waals surface area contributed by atoms with Gasteiger partial charge in [0.1, 0.15) is 0 Å². The van der Waals surface area contributed by atoms with Gasteiger partial charge in [-0.05, 0) is 13.0 Å². The van der Waals surface area contributed by atoms with Crippen LogP contribution in [0.3, 0.4) is 0 Å². The molecular formula is C7H10F3NO2. The SMILES string of the molecule is C/C=C/C(=O)NCC(O)C(F)(F)F. The van der Waals surface area contributed by atoms with Gasteiger partial charge >= 0.3 is 6.18 Å². The first-order valence-electron chi connectivity index (χ1n) is 3.53. The van der Waals surface area contributed by atoms with E-state index in [4.69, 9.17) is 5.11 Å². The Labute approximate surface area is 73.2 Å². The van der Waals surface area contributed by atoms with E-state index >= 15 is 0 Å². The van der Waals surface area contributed by atoms with Gasteiger partial charge in [-0.2, -0.15) is 13.2 Å². The fourth-order valence-corrected chi connectivity index (χ4v) is 0.523. The maximum Gasteiger partial charge on any atom is 0.416 e. The third-order valence-electron chi connectivity index (χ3n) is 1.17. The highest BCUT2D eigenvalue weighted by Gasteiger charge is 2.37. The normalized spacial score (nSPS) is 14.5. The summed E-state index contributed by atoms with van der Waals surface area (Å²) in [6.45, 7) is 0.729. The van der Waals surface area contributed by atoms with E-state index in [0.29, 0.717) is 0 Å². The highest BCUT2D eigenvalue weighted by Crippen LogP contribution is 2.18. The van der Waals surface area contributed by atoms with Gasteiger partial charge in [-0.15, -0.1) is 0 Å². The van der Waals surface area contributed by atoms with Crippen LogP contribution in [0.1, 0.15) is 6.92 Å². The molecule has 0 saturated heterocycles. The van der Waals surface area contributed by atoms with Gasteiger partial charge in [-0.3, -0.25) is 4.79 Å². The minimum absolute atomic E-state index is 0.661. The Morgan fingerprint density at radius 1 is 1.62 bits per heavy atom. The van der Waals surface area contributed by atoms with Crippen LogP contribution in [0.5, 0.6) is 0 Å². The zero-order valence-electron chi connectivity index (χ0n) is 6.93. The number of carbonyl (C=O) groups is 1. The molecule has 0 radical (unpaired) electrons.